The lowest BCUT2D eigenvalue weighted by Gasteiger charge is -2.17. The van der Waals surface area contributed by atoms with Gasteiger partial charge in [0.15, 0.2) is 0 Å². The van der Waals surface area contributed by atoms with E-state index < -0.39 is 0 Å². The van der Waals surface area contributed by atoms with Gasteiger partial charge in [0.05, 0.1) is 40.3 Å². The molecule has 3 aromatic heterocycles. The van der Waals surface area contributed by atoms with Crippen LogP contribution in [0.4, 0.5) is 0 Å². The molecule has 0 bridgehead atoms. The van der Waals surface area contributed by atoms with Crippen LogP contribution < -0.4 is 11.3 Å². The molecule has 0 amide bonds. The summed E-state index contributed by atoms with van der Waals surface area (Å²) in [7, 11) is 0. The van der Waals surface area contributed by atoms with Crippen LogP contribution in [-0.2, 0) is 6.54 Å². The van der Waals surface area contributed by atoms with Gasteiger partial charge in [-0.3, -0.25) is 15.5 Å². The van der Waals surface area contributed by atoms with Crippen molar-refractivity contribution in [1.29, 1.82) is 0 Å². The number of aryl methyl sites for hydroxylation is 1. The van der Waals surface area contributed by atoms with Crippen molar-refractivity contribution >= 4 is 21.4 Å². The Bertz CT molecular complexity index is 732. The minimum Gasteiger partial charge on any atom is -0.271 e. The standard InChI is InChI=1S/C12H14BrN7/c1-2-19-12(9(13)6-17-19)11(18-14)8-5-16-20-4-3-15-7-10(8)20/h3-7,11,18H,2,14H2,1H3. The maximum Gasteiger partial charge on any atom is 0.0926 e. The zero-order valence-corrected chi connectivity index (χ0v) is 12.4. The van der Waals surface area contributed by atoms with Gasteiger partial charge in [-0.1, -0.05) is 0 Å². The topological polar surface area (TPSA) is 86.1 Å². The van der Waals surface area contributed by atoms with Crippen LogP contribution in [0, 0.1) is 0 Å². The number of hydrogen-bond donors (Lipinski definition) is 2. The Hall–Kier alpha value is -1.77. The molecule has 0 saturated heterocycles. The summed E-state index contributed by atoms with van der Waals surface area (Å²) in [6.07, 6.45) is 8.83. The summed E-state index contributed by atoms with van der Waals surface area (Å²) in [6, 6.07) is -0.214. The summed E-state index contributed by atoms with van der Waals surface area (Å²) in [5, 5.41) is 8.64. The Balaban J connectivity index is 2.16. The molecule has 3 heterocycles. The zero-order chi connectivity index (χ0) is 14.1. The first-order valence-electron chi connectivity index (χ1n) is 6.20. The number of fused-ring (bicyclic) bond motifs is 1. The molecule has 0 fully saturated rings. The van der Waals surface area contributed by atoms with E-state index in [2.05, 4.69) is 36.5 Å². The number of nitrogens with zero attached hydrogens (tertiary/aromatic N) is 5. The first-order valence-corrected chi connectivity index (χ1v) is 7.00. The van der Waals surface area contributed by atoms with Gasteiger partial charge in [0.25, 0.3) is 0 Å². The van der Waals surface area contributed by atoms with E-state index in [1.165, 1.54) is 0 Å². The molecule has 1 atom stereocenters. The van der Waals surface area contributed by atoms with Crippen LogP contribution >= 0.6 is 15.9 Å². The molecule has 0 spiro atoms. The van der Waals surface area contributed by atoms with Crippen LogP contribution in [0.25, 0.3) is 5.52 Å². The number of hydrazine groups is 1. The molecule has 0 aromatic carbocycles. The Morgan fingerprint density at radius 3 is 2.95 bits per heavy atom. The van der Waals surface area contributed by atoms with Crippen LogP contribution in [0.5, 0.6) is 0 Å². The lowest BCUT2D eigenvalue weighted by atomic mass is 10.1. The van der Waals surface area contributed by atoms with Crippen molar-refractivity contribution in [3.8, 4) is 0 Å². The summed E-state index contributed by atoms with van der Waals surface area (Å²) >= 11 is 3.53. The SMILES string of the molecule is CCn1ncc(Br)c1C(NN)c1cnn2ccncc12. The molecule has 3 rings (SSSR count). The van der Waals surface area contributed by atoms with Gasteiger partial charge in [-0.2, -0.15) is 10.2 Å². The Morgan fingerprint density at radius 1 is 1.35 bits per heavy atom. The van der Waals surface area contributed by atoms with Gasteiger partial charge in [-0.05, 0) is 22.9 Å². The fourth-order valence-electron chi connectivity index (χ4n) is 2.30. The molecule has 104 valence electrons. The third kappa shape index (κ3) is 2.01. The Kier molecular flexibility index (Phi) is 3.51. The van der Waals surface area contributed by atoms with Crippen LogP contribution in [-0.4, -0.2) is 24.4 Å². The van der Waals surface area contributed by atoms with Gasteiger partial charge in [-0.15, -0.1) is 0 Å². The third-order valence-electron chi connectivity index (χ3n) is 3.24. The number of halogens is 1. The van der Waals surface area contributed by atoms with Crippen molar-refractivity contribution in [2.75, 3.05) is 0 Å². The zero-order valence-electron chi connectivity index (χ0n) is 10.9. The molecule has 0 saturated carbocycles. The number of aromatic nitrogens is 5. The fourth-order valence-corrected chi connectivity index (χ4v) is 2.83. The van der Waals surface area contributed by atoms with Crippen molar-refractivity contribution in [1.82, 2.24) is 29.8 Å². The second kappa shape index (κ2) is 5.31. The molecule has 1 unspecified atom stereocenters. The van der Waals surface area contributed by atoms with E-state index in [1.807, 2.05) is 11.6 Å². The highest BCUT2D eigenvalue weighted by Crippen LogP contribution is 2.30. The summed E-state index contributed by atoms with van der Waals surface area (Å²) in [5.74, 6) is 5.77. The number of hydrogen-bond acceptors (Lipinski definition) is 5. The van der Waals surface area contributed by atoms with Crippen molar-refractivity contribution < 1.29 is 0 Å². The number of nitrogens with two attached hydrogens (primary N) is 1. The summed E-state index contributed by atoms with van der Waals surface area (Å²) < 4.78 is 4.58. The van der Waals surface area contributed by atoms with Gasteiger partial charge in [0.2, 0.25) is 0 Å². The molecule has 3 N–H and O–H groups in total. The van der Waals surface area contributed by atoms with E-state index >= 15 is 0 Å². The molecule has 20 heavy (non-hydrogen) atoms. The third-order valence-corrected chi connectivity index (χ3v) is 3.85. The summed E-state index contributed by atoms with van der Waals surface area (Å²) in [5.41, 5.74) is 5.67. The van der Waals surface area contributed by atoms with Crippen molar-refractivity contribution in [2.45, 2.75) is 19.5 Å². The van der Waals surface area contributed by atoms with Gasteiger partial charge in [0.1, 0.15) is 0 Å². The largest absolute Gasteiger partial charge is 0.271 e. The van der Waals surface area contributed by atoms with Crippen molar-refractivity contribution in [2.24, 2.45) is 5.84 Å². The van der Waals surface area contributed by atoms with Crippen LogP contribution in [0.15, 0.2) is 35.5 Å². The molecule has 7 nitrogen and oxygen atoms in total. The molecule has 3 aromatic rings. The maximum atomic E-state index is 5.77. The van der Waals surface area contributed by atoms with Crippen LogP contribution in [0.3, 0.4) is 0 Å². The fraction of sp³-hybridized carbons (Fsp3) is 0.250. The molecule has 8 heteroatoms. The van der Waals surface area contributed by atoms with Crippen molar-refractivity contribution in [3.63, 3.8) is 0 Å². The molecular weight excluding hydrogens is 322 g/mol. The Morgan fingerprint density at radius 2 is 2.20 bits per heavy atom. The molecule has 0 aliphatic heterocycles. The predicted octanol–water partition coefficient (Wildman–Crippen LogP) is 1.26. The predicted molar refractivity (Wildman–Crippen MR) is 77.8 cm³/mol. The average molecular weight is 336 g/mol. The minimum absolute atomic E-state index is 0.214. The van der Waals surface area contributed by atoms with E-state index in [9.17, 15) is 0 Å². The van der Waals surface area contributed by atoms with E-state index in [0.717, 1.165) is 27.8 Å². The van der Waals surface area contributed by atoms with Gasteiger partial charge in [-0.25, -0.2) is 9.94 Å². The van der Waals surface area contributed by atoms with Gasteiger partial charge < -0.3 is 0 Å². The smallest absolute Gasteiger partial charge is 0.0926 e. The van der Waals surface area contributed by atoms with Gasteiger partial charge in [0, 0.05) is 24.5 Å². The molecule has 0 radical (unpaired) electrons. The molecule has 0 aliphatic rings. The second-order valence-electron chi connectivity index (χ2n) is 4.30. The first kappa shape index (κ1) is 13.2. The first-order chi connectivity index (χ1) is 9.76. The summed E-state index contributed by atoms with van der Waals surface area (Å²) in [4.78, 5) is 4.15. The highest BCUT2D eigenvalue weighted by molar-refractivity contribution is 9.10. The van der Waals surface area contributed by atoms with E-state index in [0.29, 0.717) is 0 Å². The van der Waals surface area contributed by atoms with Crippen molar-refractivity contribution in [3.05, 3.63) is 46.7 Å². The average Bonchev–Trinajstić information content (AvgIpc) is 3.06. The maximum absolute atomic E-state index is 5.77. The highest BCUT2D eigenvalue weighted by Gasteiger charge is 2.23. The monoisotopic (exact) mass is 335 g/mol. The lowest BCUT2D eigenvalue weighted by Crippen LogP contribution is -2.31. The second-order valence-corrected chi connectivity index (χ2v) is 5.15. The quantitative estimate of drug-likeness (QED) is 0.553. The van der Waals surface area contributed by atoms with E-state index in [1.54, 1.807) is 35.5 Å². The molecule has 0 aliphatic carbocycles. The number of rotatable bonds is 4. The van der Waals surface area contributed by atoms with E-state index in [4.69, 9.17) is 5.84 Å². The lowest BCUT2D eigenvalue weighted by molar-refractivity contribution is 0.544. The highest BCUT2D eigenvalue weighted by atomic mass is 79.9. The summed E-state index contributed by atoms with van der Waals surface area (Å²) in [6.45, 7) is 2.80. The normalized spacial score (nSPS) is 12.9. The van der Waals surface area contributed by atoms with E-state index in [-0.39, 0.29) is 6.04 Å². The minimum atomic E-state index is -0.214. The van der Waals surface area contributed by atoms with Gasteiger partial charge >= 0.3 is 0 Å². The Labute approximate surface area is 123 Å². The van der Waals surface area contributed by atoms with Crippen LogP contribution in [0.1, 0.15) is 24.2 Å². The number of nitrogens with one attached hydrogen (secondary N) is 1. The van der Waals surface area contributed by atoms with Crippen LogP contribution in [0.2, 0.25) is 0 Å². The molecular formula is C12H14BrN7.